The van der Waals surface area contributed by atoms with E-state index in [9.17, 15) is 4.79 Å². The van der Waals surface area contributed by atoms with E-state index >= 15 is 0 Å². The first-order valence-electron chi connectivity index (χ1n) is 9.06. The summed E-state index contributed by atoms with van der Waals surface area (Å²) in [5, 5.41) is 0. The molecule has 3 fully saturated rings. The largest absolute Gasteiger partial charge is 0.445 e. The molecule has 4 aliphatic carbocycles. The molecule has 6 unspecified atom stereocenters. The minimum absolute atomic E-state index is 0.0500. The number of amides is 1. The Hall–Kier alpha value is -0.640. The summed E-state index contributed by atoms with van der Waals surface area (Å²) < 4.78 is 7.70. The fourth-order valence-corrected chi connectivity index (χ4v) is 6.18. The number of carbonyl (C=O) groups is 1. The Bertz CT molecular complexity index is 478. The van der Waals surface area contributed by atoms with E-state index in [2.05, 4.69) is 23.6 Å². The summed E-state index contributed by atoms with van der Waals surface area (Å²) in [5.74, 6) is 4.70. The van der Waals surface area contributed by atoms with Crippen LogP contribution in [0.3, 0.4) is 0 Å². The van der Waals surface area contributed by atoms with Gasteiger partial charge in [0, 0.05) is 6.42 Å². The number of allylic oxidation sites excluding steroid dienone is 1. The van der Waals surface area contributed by atoms with Crippen molar-refractivity contribution in [2.75, 3.05) is 0 Å². The lowest BCUT2D eigenvalue weighted by atomic mass is 9.57. The molecule has 4 heteroatoms. The van der Waals surface area contributed by atoms with Crippen molar-refractivity contribution in [1.29, 1.82) is 0 Å². The fraction of sp³-hybridized carbons (Fsp3) is 0.833. The highest BCUT2D eigenvalue weighted by molar-refractivity contribution is 7.78. The Morgan fingerprint density at radius 1 is 1.09 bits per heavy atom. The first-order chi connectivity index (χ1) is 10.8. The lowest BCUT2D eigenvalue weighted by Gasteiger charge is -2.49. The molecule has 0 aromatic heterocycles. The van der Waals surface area contributed by atoms with Crippen molar-refractivity contribution in [3.05, 3.63) is 11.6 Å². The first kappa shape index (κ1) is 14.9. The molecule has 3 nitrogen and oxygen atoms in total. The molecule has 122 valence electrons. The fourth-order valence-electron chi connectivity index (χ4n) is 6.13. The van der Waals surface area contributed by atoms with E-state index in [4.69, 9.17) is 4.74 Å². The summed E-state index contributed by atoms with van der Waals surface area (Å²) in [5.41, 5.74) is 1.58. The van der Waals surface area contributed by atoms with Gasteiger partial charge in [-0.3, -0.25) is 4.72 Å². The second-order valence-corrected chi connectivity index (χ2v) is 8.03. The quantitative estimate of drug-likeness (QED) is 0.551. The van der Waals surface area contributed by atoms with Crippen LogP contribution in [-0.2, 0) is 4.74 Å². The van der Waals surface area contributed by atoms with Gasteiger partial charge in [0.15, 0.2) is 0 Å². The average Bonchev–Trinajstić information content (AvgIpc) is 3.03. The number of hydrogen-bond donors (Lipinski definition) is 2. The van der Waals surface area contributed by atoms with E-state index in [1.54, 1.807) is 5.57 Å². The molecule has 0 aromatic carbocycles. The molecule has 4 aliphatic rings. The summed E-state index contributed by atoms with van der Waals surface area (Å²) in [6.45, 7) is 0. The van der Waals surface area contributed by atoms with Crippen LogP contribution in [0.2, 0.25) is 0 Å². The van der Waals surface area contributed by atoms with Crippen LogP contribution >= 0.6 is 12.8 Å². The second-order valence-electron chi connectivity index (χ2n) is 7.80. The molecule has 0 bridgehead atoms. The maximum Gasteiger partial charge on any atom is 0.417 e. The molecule has 0 spiro atoms. The van der Waals surface area contributed by atoms with Crippen LogP contribution in [-0.4, -0.2) is 12.2 Å². The van der Waals surface area contributed by atoms with Gasteiger partial charge in [-0.2, -0.15) is 0 Å². The van der Waals surface area contributed by atoms with Crippen molar-refractivity contribution in [3.63, 3.8) is 0 Å². The topological polar surface area (TPSA) is 38.3 Å². The smallest absolute Gasteiger partial charge is 0.417 e. The molecule has 0 aromatic rings. The number of hydrogen-bond acceptors (Lipinski definition) is 3. The van der Waals surface area contributed by atoms with Crippen LogP contribution in [0.5, 0.6) is 0 Å². The molecular weight excluding hydrogens is 294 g/mol. The predicted octanol–water partition coefficient (Wildman–Crippen LogP) is 4.50. The van der Waals surface area contributed by atoms with E-state index in [0.29, 0.717) is 0 Å². The third-order valence-electron chi connectivity index (χ3n) is 6.96. The maximum atomic E-state index is 11.4. The van der Waals surface area contributed by atoms with Gasteiger partial charge in [0.25, 0.3) is 0 Å². The summed E-state index contributed by atoms with van der Waals surface area (Å²) >= 11 is 3.76. The van der Waals surface area contributed by atoms with Crippen molar-refractivity contribution in [3.8, 4) is 0 Å². The highest BCUT2D eigenvalue weighted by Crippen LogP contribution is 2.56. The number of carbonyl (C=O) groups excluding carboxylic acids is 1. The van der Waals surface area contributed by atoms with Crippen molar-refractivity contribution in [1.82, 2.24) is 4.72 Å². The summed E-state index contributed by atoms with van der Waals surface area (Å²) in [7, 11) is 0. The van der Waals surface area contributed by atoms with Gasteiger partial charge in [-0.05, 0) is 68.1 Å². The normalized spacial score (nSPS) is 43.4. The van der Waals surface area contributed by atoms with Gasteiger partial charge in [-0.1, -0.05) is 37.3 Å². The first-order valence-corrected chi connectivity index (χ1v) is 9.50. The van der Waals surface area contributed by atoms with Crippen molar-refractivity contribution in [2.24, 2.45) is 29.6 Å². The SMILES string of the molecule is O=C(NS)OC1CCC2C(=CCC3C4CCCC4CCC23)C1. The number of fused-ring (bicyclic) bond motifs is 5. The molecule has 0 heterocycles. The molecule has 6 atom stereocenters. The van der Waals surface area contributed by atoms with E-state index in [0.717, 1.165) is 42.4 Å². The lowest BCUT2D eigenvalue weighted by molar-refractivity contribution is 0.0359. The van der Waals surface area contributed by atoms with Crippen molar-refractivity contribution < 1.29 is 9.53 Å². The standard InChI is InChI=1S/C18H27NO2S/c20-18(19-22)21-13-6-9-15-12(10-13)5-8-16-14-3-1-2-11(14)4-7-17(15)16/h5,11,13-17,22H,1-4,6-10H2,(H,19,20). The summed E-state index contributed by atoms with van der Waals surface area (Å²) in [4.78, 5) is 11.4. The van der Waals surface area contributed by atoms with Gasteiger partial charge in [-0.25, -0.2) is 4.79 Å². The van der Waals surface area contributed by atoms with Gasteiger partial charge in [0.1, 0.15) is 6.10 Å². The molecule has 0 radical (unpaired) electrons. The highest BCUT2D eigenvalue weighted by atomic mass is 32.1. The van der Waals surface area contributed by atoms with E-state index in [1.165, 1.54) is 44.9 Å². The Morgan fingerprint density at radius 2 is 2.00 bits per heavy atom. The summed E-state index contributed by atoms with van der Waals surface area (Å²) in [6.07, 6.45) is 14.0. The number of rotatable bonds is 1. The Morgan fingerprint density at radius 3 is 2.86 bits per heavy atom. The van der Waals surface area contributed by atoms with Crippen molar-refractivity contribution >= 4 is 18.9 Å². The zero-order chi connectivity index (χ0) is 15.1. The Kier molecular flexibility index (Phi) is 4.14. The van der Waals surface area contributed by atoms with Crippen LogP contribution in [0.25, 0.3) is 0 Å². The Labute approximate surface area is 138 Å². The number of nitrogens with one attached hydrogen (secondary N) is 1. The zero-order valence-corrected chi connectivity index (χ0v) is 14.1. The van der Waals surface area contributed by atoms with Crippen LogP contribution in [0.4, 0.5) is 4.79 Å². The van der Waals surface area contributed by atoms with Gasteiger partial charge < -0.3 is 4.74 Å². The molecule has 22 heavy (non-hydrogen) atoms. The van der Waals surface area contributed by atoms with Crippen molar-refractivity contribution in [2.45, 2.75) is 63.9 Å². The van der Waals surface area contributed by atoms with E-state index < -0.39 is 6.09 Å². The van der Waals surface area contributed by atoms with Crippen LogP contribution < -0.4 is 4.72 Å². The van der Waals surface area contributed by atoms with Crippen LogP contribution in [0.15, 0.2) is 11.6 Å². The third-order valence-corrected chi connectivity index (χ3v) is 7.14. The van der Waals surface area contributed by atoms with Crippen LogP contribution in [0.1, 0.15) is 57.8 Å². The highest BCUT2D eigenvalue weighted by Gasteiger charge is 2.47. The van der Waals surface area contributed by atoms with E-state index in [1.807, 2.05) is 0 Å². The number of ether oxygens (including phenoxy) is 1. The van der Waals surface area contributed by atoms with Crippen LogP contribution in [0, 0.1) is 29.6 Å². The molecule has 4 rings (SSSR count). The maximum absolute atomic E-state index is 11.4. The molecule has 3 saturated carbocycles. The third kappa shape index (κ3) is 2.57. The van der Waals surface area contributed by atoms with Gasteiger partial charge in [0.05, 0.1) is 0 Å². The zero-order valence-electron chi connectivity index (χ0n) is 13.2. The molecule has 0 aliphatic heterocycles. The molecular formula is C18H27NO2S. The molecule has 1 N–H and O–H groups in total. The number of thiol groups is 1. The average molecular weight is 321 g/mol. The molecule has 1 amide bonds. The van der Waals surface area contributed by atoms with Gasteiger partial charge in [-0.15, -0.1) is 0 Å². The monoisotopic (exact) mass is 321 g/mol. The molecule has 0 saturated heterocycles. The second kappa shape index (κ2) is 6.10. The van der Waals surface area contributed by atoms with Gasteiger partial charge >= 0.3 is 6.09 Å². The minimum atomic E-state index is -0.410. The predicted molar refractivity (Wildman–Crippen MR) is 89.5 cm³/mol. The van der Waals surface area contributed by atoms with Gasteiger partial charge in [0.2, 0.25) is 0 Å². The Balaban J connectivity index is 1.46. The lowest BCUT2D eigenvalue weighted by Crippen LogP contribution is -2.41. The van der Waals surface area contributed by atoms with E-state index in [-0.39, 0.29) is 6.10 Å². The minimum Gasteiger partial charge on any atom is -0.445 e. The summed E-state index contributed by atoms with van der Waals surface area (Å²) in [6, 6.07) is 0.